The topological polar surface area (TPSA) is 29.5 Å². The summed E-state index contributed by atoms with van der Waals surface area (Å²) in [6.07, 6.45) is 8.06. The predicted molar refractivity (Wildman–Crippen MR) is 81.8 cm³/mol. The Morgan fingerprint density at radius 1 is 1.15 bits per heavy atom. The van der Waals surface area contributed by atoms with Crippen molar-refractivity contribution in [1.29, 1.82) is 0 Å². The van der Waals surface area contributed by atoms with E-state index >= 15 is 0 Å². The number of fused-ring (bicyclic) bond motifs is 1. The van der Waals surface area contributed by atoms with Gasteiger partial charge >= 0.3 is 0 Å². The Morgan fingerprint density at radius 3 is 2.80 bits per heavy atom. The van der Waals surface area contributed by atoms with Gasteiger partial charge in [0.05, 0.1) is 6.10 Å². The number of hydrogen-bond donors (Lipinski definition) is 1. The van der Waals surface area contributed by atoms with Crippen molar-refractivity contribution >= 4 is 15.9 Å². The summed E-state index contributed by atoms with van der Waals surface area (Å²) in [6, 6.07) is 6.00. The lowest BCUT2D eigenvalue weighted by molar-refractivity contribution is -0.0544. The maximum Gasteiger partial charge on any atom is 0.126 e. The first-order chi connectivity index (χ1) is 9.65. The van der Waals surface area contributed by atoms with Crippen molar-refractivity contribution in [1.82, 2.24) is 0 Å². The monoisotopic (exact) mass is 336 g/mol. The molecule has 2 unspecified atom stereocenters. The fourth-order valence-electron chi connectivity index (χ4n) is 4.23. The molecule has 0 saturated heterocycles. The summed E-state index contributed by atoms with van der Waals surface area (Å²) in [4.78, 5) is 0. The number of aliphatic hydroxyl groups excluding tert-OH is 1. The molecule has 2 saturated carbocycles. The number of rotatable bonds is 1. The Labute approximate surface area is 128 Å². The molecule has 0 aromatic heterocycles. The van der Waals surface area contributed by atoms with Crippen LogP contribution in [0.2, 0.25) is 0 Å². The van der Waals surface area contributed by atoms with Crippen LogP contribution >= 0.6 is 15.9 Å². The zero-order valence-electron chi connectivity index (χ0n) is 11.6. The van der Waals surface area contributed by atoms with E-state index in [1.165, 1.54) is 25.7 Å². The van der Waals surface area contributed by atoms with E-state index in [1.54, 1.807) is 0 Å². The van der Waals surface area contributed by atoms with Crippen molar-refractivity contribution in [3.05, 3.63) is 28.2 Å². The largest absolute Gasteiger partial charge is 0.487 e. The minimum absolute atomic E-state index is 0.105. The Hall–Kier alpha value is -0.540. The summed E-state index contributed by atoms with van der Waals surface area (Å²) >= 11 is 3.48. The van der Waals surface area contributed by atoms with Crippen molar-refractivity contribution < 1.29 is 9.84 Å². The standard InChI is InChI=1S/C17H21BrO2/c18-13-5-6-16-14(8-13)15(19)10-17(20-16)7-1-2-12(9-17)11-3-4-11/h5-6,8,11-12,15,19H,1-4,7,9-10H2/t12?,15-,17?/m0/s1. The second-order valence-corrected chi connectivity index (χ2v) is 7.80. The van der Waals surface area contributed by atoms with Gasteiger partial charge in [0.2, 0.25) is 0 Å². The molecule has 1 aromatic rings. The molecule has 108 valence electrons. The molecule has 1 N–H and O–H groups in total. The molecule has 20 heavy (non-hydrogen) atoms. The van der Waals surface area contributed by atoms with Crippen LogP contribution in [-0.2, 0) is 0 Å². The van der Waals surface area contributed by atoms with E-state index in [-0.39, 0.29) is 11.7 Å². The average molecular weight is 337 g/mol. The summed E-state index contributed by atoms with van der Waals surface area (Å²) in [5.41, 5.74) is 0.838. The van der Waals surface area contributed by atoms with Crippen LogP contribution in [-0.4, -0.2) is 10.7 Å². The molecule has 1 spiro atoms. The summed E-state index contributed by atoms with van der Waals surface area (Å²) in [7, 11) is 0. The zero-order valence-corrected chi connectivity index (χ0v) is 13.2. The van der Waals surface area contributed by atoms with Crippen molar-refractivity contribution in [2.24, 2.45) is 11.8 Å². The molecular weight excluding hydrogens is 316 g/mol. The van der Waals surface area contributed by atoms with Gasteiger partial charge in [0.25, 0.3) is 0 Å². The molecule has 2 nitrogen and oxygen atoms in total. The molecule has 1 aromatic carbocycles. The number of benzene rings is 1. The molecule has 3 atom stereocenters. The van der Waals surface area contributed by atoms with Crippen LogP contribution < -0.4 is 4.74 Å². The smallest absolute Gasteiger partial charge is 0.126 e. The molecule has 4 rings (SSSR count). The Balaban J connectivity index is 1.62. The lowest BCUT2D eigenvalue weighted by Crippen LogP contribution is -2.45. The van der Waals surface area contributed by atoms with Crippen LogP contribution in [0.5, 0.6) is 5.75 Å². The van der Waals surface area contributed by atoms with Gasteiger partial charge in [0, 0.05) is 16.5 Å². The van der Waals surface area contributed by atoms with E-state index in [0.717, 1.165) is 46.9 Å². The third-order valence-electron chi connectivity index (χ3n) is 5.35. The van der Waals surface area contributed by atoms with Gasteiger partial charge in [-0.2, -0.15) is 0 Å². The first kappa shape index (κ1) is 13.1. The van der Waals surface area contributed by atoms with Gasteiger partial charge in [-0.05, 0) is 68.6 Å². The summed E-state index contributed by atoms with van der Waals surface area (Å²) < 4.78 is 7.42. The average Bonchev–Trinajstić information content (AvgIpc) is 3.24. The van der Waals surface area contributed by atoms with Crippen molar-refractivity contribution in [2.45, 2.75) is 56.7 Å². The van der Waals surface area contributed by atoms with Crippen LogP contribution in [0.4, 0.5) is 0 Å². The van der Waals surface area contributed by atoms with Gasteiger partial charge in [-0.15, -0.1) is 0 Å². The fourth-order valence-corrected chi connectivity index (χ4v) is 4.61. The SMILES string of the molecule is O[C@H]1CC2(CCCC(C3CC3)C2)Oc2ccc(Br)cc21. The van der Waals surface area contributed by atoms with E-state index in [4.69, 9.17) is 4.74 Å². The highest BCUT2D eigenvalue weighted by molar-refractivity contribution is 9.10. The number of aliphatic hydroxyl groups is 1. The summed E-state index contributed by atoms with van der Waals surface area (Å²) in [5, 5.41) is 10.5. The van der Waals surface area contributed by atoms with Crippen LogP contribution in [0.1, 0.15) is 56.6 Å². The predicted octanol–water partition coefficient (Wildman–Crippen LogP) is 4.60. The first-order valence-corrected chi connectivity index (χ1v) is 8.61. The maximum atomic E-state index is 10.5. The maximum absolute atomic E-state index is 10.5. The summed E-state index contributed by atoms with van der Waals surface area (Å²) in [6.45, 7) is 0. The van der Waals surface area contributed by atoms with E-state index in [2.05, 4.69) is 15.9 Å². The van der Waals surface area contributed by atoms with Gasteiger partial charge in [0.15, 0.2) is 0 Å². The van der Waals surface area contributed by atoms with Gasteiger partial charge in [-0.3, -0.25) is 0 Å². The Bertz CT molecular complexity index is 526. The zero-order chi connectivity index (χ0) is 13.7. The molecule has 0 bridgehead atoms. The third kappa shape index (κ3) is 2.29. The van der Waals surface area contributed by atoms with Crippen molar-refractivity contribution in [3.63, 3.8) is 0 Å². The van der Waals surface area contributed by atoms with Crippen LogP contribution in [0.25, 0.3) is 0 Å². The highest BCUT2D eigenvalue weighted by atomic mass is 79.9. The van der Waals surface area contributed by atoms with Crippen LogP contribution in [0.3, 0.4) is 0 Å². The molecule has 3 aliphatic rings. The van der Waals surface area contributed by atoms with Crippen molar-refractivity contribution in [2.75, 3.05) is 0 Å². The molecule has 3 heteroatoms. The van der Waals surface area contributed by atoms with Gasteiger partial charge in [-0.25, -0.2) is 0 Å². The molecule has 1 aliphatic heterocycles. The lowest BCUT2D eigenvalue weighted by atomic mass is 9.72. The van der Waals surface area contributed by atoms with E-state index in [0.29, 0.717) is 0 Å². The first-order valence-electron chi connectivity index (χ1n) is 7.82. The molecular formula is C17H21BrO2. The Morgan fingerprint density at radius 2 is 2.00 bits per heavy atom. The number of hydrogen-bond acceptors (Lipinski definition) is 2. The van der Waals surface area contributed by atoms with E-state index in [9.17, 15) is 5.11 Å². The molecule has 0 radical (unpaired) electrons. The van der Waals surface area contributed by atoms with E-state index in [1.807, 2.05) is 18.2 Å². The minimum atomic E-state index is -0.380. The number of ether oxygens (including phenoxy) is 1. The van der Waals surface area contributed by atoms with Crippen molar-refractivity contribution in [3.8, 4) is 5.75 Å². The quantitative estimate of drug-likeness (QED) is 0.811. The van der Waals surface area contributed by atoms with Gasteiger partial charge < -0.3 is 9.84 Å². The van der Waals surface area contributed by atoms with Gasteiger partial charge in [0.1, 0.15) is 11.4 Å². The molecule has 2 aliphatic carbocycles. The number of halogens is 1. The summed E-state index contributed by atoms with van der Waals surface area (Å²) in [5.74, 6) is 2.66. The van der Waals surface area contributed by atoms with Crippen LogP contribution in [0.15, 0.2) is 22.7 Å². The van der Waals surface area contributed by atoms with Crippen LogP contribution in [0, 0.1) is 11.8 Å². The highest BCUT2D eigenvalue weighted by Crippen LogP contribution is 2.52. The molecule has 1 heterocycles. The minimum Gasteiger partial charge on any atom is -0.487 e. The molecule has 0 amide bonds. The fraction of sp³-hybridized carbons (Fsp3) is 0.647. The van der Waals surface area contributed by atoms with E-state index < -0.39 is 0 Å². The second-order valence-electron chi connectivity index (χ2n) is 6.88. The molecule has 2 fully saturated rings. The van der Waals surface area contributed by atoms with Gasteiger partial charge in [-0.1, -0.05) is 15.9 Å². The Kier molecular flexibility index (Phi) is 3.11. The highest BCUT2D eigenvalue weighted by Gasteiger charge is 2.47. The second kappa shape index (κ2) is 4.74. The third-order valence-corrected chi connectivity index (χ3v) is 5.85. The normalized spacial score (nSPS) is 36.5. The lowest BCUT2D eigenvalue weighted by Gasteiger charge is -2.45.